The molecule has 0 bridgehead atoms. The summed E-state index contributed by atoms with van der Waals surface area (Å²) in [6.45, 7) is 6.82. The molecule has 2 aliphatic rings. The van der Waals surface area contributed by atoms with Crippen molar-refractivity contribution >= 4 is 11.5 Å². The molecule has 0 spiro atoms. The van der Waals surface area contributed by atoms with E-state index >= 15 is 0 Å². The number of rotatable bonds is 3. The predicted octanol–water partition coefficient (Wildman–Crippen LogP) is 4.32. The normalized spacial score (nSPS) is 19.0. The molecule has 146 valence electrons. The van der Waals surface area contributed by atoms with Crippen LogP contribution in [0.2, 0.25) is 0 Å². The molecule has 0 N–H and O–H groups in total. The monoisotopic (exact) mass is 375 g/mol. The molecule has 0 saturated carbocycles. The van der Waals surface area contributed by atoms with Crippen LogP contribution in [0, 0.1) is 0 Å². The van der Waals surface area contributed by atoms with Crippen LogP contribution < -0.4 is 4.90 Å². The van der Waals surface area contributed by atoms with Crippen molar-refractivity contribution in [1.82, 2.24) is 19.6 Å². The van der Waals surface area contributed by atoms with Crippen LogP contribution >= 0.6 is 0 Å². The van der Waals surface area contributed by atoms with Crippen molar-refractivity contribution in [2.75, 3.05) is 18.0 Å². The molecule has 5 nitrogen and oxygen atoms in total. The molecule has 5 heteroatoms. The van der Waals surface area contributed by atoms with Crippen LogP contribution in [-0.4, -0.2) is 32.7 Å². The van der Waals surface area contributed by atoms with Crippen molar-refractivity contribution < 1.29 is 0 Å². The highest BCUT2D eigenvalue weighted by Crippen LogP contribution is 2.38. The van der Waals surface area contributed by atoms with Gasteiger partial charge in [-0.1, -0.05) is 44.9 Å². The lowest BCUT2D eigenvalue weighted by Crippen LogP contribution is -2.25. The predicted molar refractivity (Wildman–Crippen MR) is 112 cm³/mol. The molecule has 1 aliphatic heterocycles. The van der Waals surface area contributed by atoms with Gasteiger partial charge in [-0.15, -0.1) is 0 Å². The van der Waals surface area contributed by atoms with Crippen molar-refractivity contribution in [2.24, 2.45) is 0 Å². The second kappa shape index (κ2) is 6.87. The molecule has 28 heavy (non-hydrogen) atoms. The number of nitrogens with zero attached hydrogens (tertiary/aromatic N) is 5. The van der Waals surface area contributed by atoms with Crippen LogP contribution in [0.15, 0.2) is 30.6 Å². The number of anilines is 1. The van der Waals surface area contributed by atoms with Crippen LogP contribution in [0.3, 0.4) is 0 Å². The van der Waals surface area contributed by atoms with E-state index < -0.39 is 0 Å². The Labute approximate surface area is 166 Å². The van der Waals surface area contributed by atoms with Gasteiger partial charge in [0.25, 0.3) is 0 Å². The number of hydrogen-bond acceptors (Lipinski definition) is 4. The van der Waals surface area contributed by atoms with E-state index in [1.54, 1.807) is 0 Å². The Bertz CT molecular complexity index is 995. The Balaban J connectivity index is 1.44. The molecule has 1 fully saturated rings. The number of aromatic nitrogens is 4. The molecule has 3 aromatic rings. The van der Waals surface area contributed by atoms with Gasteiger partial charge in [-0.05, 0) is 47.8 Å². The van der Waals surface area contributed by atoms with Gasteiger partial charge in [0.15, 0.2) is 17.3 Å². The SMILES string of the molecule is CC1(C)CCc2cc(Cc3nc4c(N5CCCCCC5)nccn4n3)ccc21. The largest absolute Gasteiger partial charge is 0.353 e. The van der Waals surface area contributed by atoms with Crippen LogP contribution in [0.25, 0.3) is 5.65 Å². The molecule has 1 saturated heterocycles. The summed E-state index contributed by atoms with van der Waals surface area (Å²) in [6, 6.07) is 6.94. The van der Waals surface area contributed by atoms with Gasteiger partial charge in [0.2, 0.25) is 0 Å². The van der Waals surface area contributed by atoms with Gasteiger partial charge in [-0.2, -0.15) is 5.10 Å². The van der Waals surface area contributed by atoms with Crippen molar-refractivity contribution in [3.8, 4) is 0 Å². The quantitative estimate of drug-likeness (QED) is 0.684. The molecule has 0 radical (unpaired) electrons. The fraction of sp³-hybridized carbons (Fsp3) is 0.522. The Hall–Kier alpha value is -2.43. The van der Waals surface area contributed by atoms with Gasteiger partial charge < -0.3 is 4.90 Å². The molecular formula is C23H29N5. The van der Waals surface area contributed by atoms with E-state index in [9.17, 15) is 0 Å². The van der Waals surface area contributed by atoms with E-state index in [0.717, 1.165) is 36.8 Å². The maximum absolute atomic E-state index is 4.88. The first-order valence-corrected chi connectivity index (χ1v) is 10.7. The minimum absolute atomic E-state index is 0.308. The zero-order valence-electron chi connectivity index (χ0n) is 17.0. The lowest BCUT2D eigenvalue weighted by Gasteiger charge is -2.21. The summed E-state index contributed by atoms with van der Waals surface area (Å²) in [5.41, 5.74) is 5.51. The second-order valence-corrected chi connectivity index (χ2v) is 9.00. The highest BCUT2D eigenvalue weighted by atomic mass is 15.3. The van der Waals surface area contributed by atoms with Crippen LogP contribution in [-0.2, 0) is 18.3 Å². The first-order valence-electron chi connectivity index (χ1n) is 10.7. The lowest BCUT2D eigenvalue weighted by atomic mass is 9.86. The average molecular weight is 376 g/mol. The molecular weight excluding hydrogens is 346 g/mol. The zero-order valence-corrected chi connectivity index (χ0v) is 17.0. The van der Waals surface area contributed by atoms with Gasteiger partial charge in [0, 0.05) is 31.9 Å². The molecule has 5 rings (SSSR count). The number of fused-ring (bicyclic) bond motifs is 2. The molecule has 0 unspecified atom stereocenters. The van der Waals surface area contributed by atoms with Crippen molar-refractivity contribution in [3.05, 3.63) is 53.1 Å². The summed E-state index contributed by atoms with van der Waals surface area (Å²) in [5.74, 6) is 1.86. The van der Waals surface area contributed by atoms with Crippen LogP contribution in [0.5, 0.6) is 0 Å². The van der Waals surface area contributed by atoms with E-state index in [1.165, 1.54) is 55.2 Å². The molecule has 1 aliphatic carbocycles. The van der Waals surface area contributed by atoms with Crippen LogP contribution in [0.4, 0.5) is 5.82 Å². The molecule has 2 aromatic heterocycles. The minimum atomic E-state index is 0.308. The summed E-state index contributed by atoms with van der Waals surface area (Å²) in [4.78, 5) is 11.9. The number of aryl methyl sites for hydroxylation is 1. The van der Waals surface area contributed by atoms with Crippen LogP contribution in [0.1, 0.15) is 68.5 Å². The van der Waals surface area contributed by atoms with Crippen molar-refractivity contribution in [3.63, 3.8) is 0 Å². The smallest absolute Gasteiger partial charge is 0.198 e. The molecule has 0 amide bonds. The summed E-state index contributed by atoms with van der Waals surface area (Å²) in [6.07, 6.45) is 12.0. The Morgan fingerprint density at radius 2 is 1.89 bits per heavy atom. The minimum Gasteiger partial charge on any atom is -0.353 e. The number of hydrogen-bond donors (Lipinski definition) is 0. The van der Waals surface area contributed by atoms with E-state index in [0.29, 0.717) is 5.41 Å². The molecule has 0 atom stereocenters. The second-order valence-electron chi connectivity index (χ2n) is 9.00. The van der Waals surface area contributed by atoms with Crippen molar-refractivity contribution in [1.29, 1.82) is 0 Å². The number of benzene rings is 1. The van der Waals surface area contributed by atoms with E-state index in [2.05, 4.69) is 41.9 Å². The van der Waals surface area contributed by atoms with E-state index in [4.69, 9.17) is 10.1 Å². The van der Waals surface area contributed by atoms with Gasteiger partial charge in [-0.25, -0.2) is 14.5 Å². The Morgan fingerprint density at radius 3 is 2.71 bits per heavy atom. The Morgan fingerprint density at radius 1 is 1.07 bits per heavy atom. The van der Waals surface area contributed by atoms with Gasteiger partial charge in [0.05, 0.1) is 0 Å². The maximum atomic E-state index is 4.88. The van der Waals surface area contributed by atoms with Gasteiger partial charge in [-0.3, -0.25) is 0 Å². The van der Waals surface area contributed by atoms with Gasteiger partial charge in [0.1, 0.15) is 0 Å². The van der Waals surface area contributed by atoms with E-state index in [-0.39, 0.29) is 0 Å². The zero-order chi connectivity index (χ0) is 19.1. The third kappa shape index (κ3) is 3.17. The fourth-order valence-electron chi connectivity index (χ4n) is 4.82. The highest BCUT2D eigenvalue weighted by molar-refractivity contribution is 5.63. The highest BCUT2D eigenvalue weighted by Gasteiger charge is 2.29. The van der Waals surface area contributed by atoms with Gasteiger partial charge >= 0.3 is 0 Å². The third-order valence-corrected chi connectivity index (χ3v) is 6.47. The summed E-state index contributed by atoms with van der Waals surface area (Å²) in [7, 11) is 0. The molecule has 3 heterocycles. The summed E-state index contributed by atoms with van der Waals surface area (Å²) >= 11 is 0. The summed E-state index contributed by atoms with van der Waals surface area (Å²) in [5, 5.41) is 4.75. The topological polar surface area (TPSA) is 46.3 Å². The first kappa shape index (κ1) is 17.7. The Kier molecular flexibility index (Phi) is 4.33. The van der Waals surface area contributed by atoms with Crippen molar-refractivity contribution in [2.45, 2.75) is 64.2 Å². The third-order valence-electron chi connectivity index (χ3n) is 6.47. The maximum Gasteiger partial charge on any atom is 0.198 e. The molecule has 1 aromatic carbocycles. The first-order chi connectivity index (χ1) is 13.6. The van der Waals surface area contributed by atoms with E-state index in [1.807, 2.05) is 16.9 Å². The fourth-order valence-corrected chi connectivity index (χ4v) is 4.82. The standard InChI is InChI=1S/C23H29N5/c1-23(2)10-9-18-15-17(7-8-19(18)23)16-20-25-22-21(24-11-14-28(22)26-20)27-12-5-3-4-6-13-27/h7-8,11,14-15H,3-6,9-10,12-13,16H2,1-2H3. The average Bonchev–Trinajstić information content (AvgIpc) is 3.09. The lowest BCUT2D eigenvalue weighted by molar-refractivity contribution is 0.522. The summed E-state index contributed by atoms with van der Waals surface area (Å²) < 4.78 is 1.90.